The SMILES string of the molecule is CC1CCC(NC(=O)c2ccccc2F)(C(=O)O)CC1. The van der Waals surface area contributed by atoms with E-state index in [1.165, 1.54) is 18.2 Å². The number of carboxylic acids is 1. The van der Waals surface area contributed by atoms with Crippen LogP contribution in [0.4, 0.5) is 4.39 Å². The molecule has 0 spiro atoms. The first kappa shape index (κ1) is 14.5. The molecule has 20 heavy (non-hydrogen) atoms. The third kappa shape index (κ3) is 2.81. The first-order valence-electron chi connectivity index (χ1n) is 6.75. The molecule has 0 bridgehead atoms. The third-order valence-electron chi connectivity index (χ3n) is 4.01. The lowest BCUT2D eigenvalue weighted by atomic mass is 9.77. The fourth-order valence-electron chi connectivity index (χ4n) is 2.58. The highest BCUT2D eigenvalue weighted by molar-refractivity contribution is 5.98. The fourth-order valence-corrected chi connectivity index (χ4v) is 2.58. The minimum atomic E-state index is -1.27. The summed E-state index contributed by atoms with van der Waals surface area (Å²) in [6.07, 6.45) is 2.24. The number of hydrogen-bond acceptors (Lipinski definition) is 2. The lowest BCUT2D eigenvalue weighted by molar-refractivity contribution is -0.146. The van der Waals surface area contributed by atoms with Gasteiger partial charge in [-0.25, -0.2) is 9.18 Å². The molecule has 1 aliphatic carbocycles. The second-order valence-electron chi connectivity index (χ2n) is 5.50. The summed E-state index contributed by atoms with van der Waals surface area (Å²) >= 11 is 0. The van der Waals surface area contributed by atoms with E-state index in [9.17, 15) is 19.1 Å². The molecule has 1 saturated carbocycles. The Labute approximate surface area is 117 Å². The van der Waals surface area contributed by atoms with E-state index in [-0.39, 0.29) is 5.56 Å². The number of hydrogen-bond donors (Lipinski definition) is 2. The van der Waals surface area contributed by atoms with Gasteiger partial charge in [0, 0.05) is 0 Å². The molecular weight excluding hydrogens is 261 g/mol. The van der Waals surface area contributed by atoms with E-state index >= 15 is 0 Å². The maximum absolute atomic E-state index is 13.6. The molecule has 1 amide bonds. The van der Waals surface area contributed by atoms with Crippen LogP contribution in [0.5, 0.6) is 0 Å². The van der Waals surface area contributed by atoms with Crippen LogP contribution in [0.25, 0.3) is 0 Å². The number of carboxylic acid groups (broad SMARTS) is 1. The smallest absolute Gasteiger partial charge is 0.329 e. The number of benzene rings is 1. The average molecular weight is 279 g/mol. The number of carbonyl (C=O) groups is 2. The zero-order valence-electron chi connectivity index (χ0n) is 11.4. The molecule has 2 rings (SSSR count). The van der Waals surface area contributed by atoms with Crippen molar-refractivity contribution in [1.29, 1.82) is 0 Å². The van der Waals surface area contributed by atoms with Crippen LogP contribution in [-0.4, -0.2) is 22.5 Å². The lowest BCUT2D eigenvalue weighted by Crippen LogP contribution is -2.56. The standard InChI is InChI=1S/C15H18FNO3/c1-10-6-8-15(9-7-10,14(19)20)17-13(18)11-4-2-3-5-12(11)16/h2-5,10H,6-9H2,1H3,(H,17,18)(H,19,20). The molecular formula is C15H18FNO3. The highest BCUT2D eigenvalue weighted by Gasteiger charge is 2.42. The van der Waals surface area contributed by atoms with E-state index < -0.39 is 23.2 Å². The predicted molar refractivity (Wildman–Crippen MR) is 71.9 cm³/mol. The largest absolute Gasteiger partial charge is 0.480 e. The highest BCUT2D eigenvalue weighted by atomic mass is 19.1. The molecule has 0 saturated heterocycles. The Bertz CT molecular complexity index is 522. The Balaban J connectivity index is 2.19. The van der Waals surface area contributed by atoms with Gasteiger partial charge in [-0.1, -0.05) is 19.1 Å². The first-order chi connectivity index (χ1) is 9.44. The first-order valence-corrected chi connectivity index (χ1v) is 6.75. The molecule has 108 valence electrons. The van der Waals surface area contributed by atoms with Crippen LogP contribution in [0.15, 0.2) is 24.3 Å². The summed E-state index contributed by atoms with van der Waals surface area (Å²) in [6.45, 7) is 2.06. The van der Waals surface area contributed by atoms with Gasteiger partial charge >= 0.3 is 5.97 Å². The van der Waals surface area contributed by atoms with Gasteiger partial charge in [0.2, 0.25) is 0 Å². The summed E-state index contributed by atoms with van der Waals surface area (Å²) in [4.78, 5) is 23.6. The molecule has 0 unspecified atom stereocenters. The molecule has 1 fully saturated rings. The van der Waals surface area contributed by atoms with Crippen LogP contribution >= 0.6 is 0 Å². The molecule has 2 N–H and O–H groups in total. The predicted octanol–water partition coefficient (Wildman–Crippen LogP) is 2.59. The molecule has 0 radical (unpaired) electrons. The van der Waals surface area contributed by atoms with Gasteiger partial charge < -0.3 is 10.4 Å². The second kappa shape index (κ2) is 5.61. The maximum atomic E-state index is 13.6. The van der Waals surface area contributed by atoms with E-state index in [1.807, 2.05) is 0 Å². The van der Waals surface area contributed by atoms with Gasteiger partial charge in [0.25, 0.3) is 5.91 Å². The maximum Gasteiger partial charge on any atom is 0.329 e. The Morgan fingerprint density at radius 2 is 1.90 bits per heavy atom. The van der Waals surface area contributed by atoms with Gasteiger partial charge in [-0.15, -0.1) is 0 Å². The van der Waals surface area contributed by atoms with Crippen molar-refractivity contribution < 1.29 is 19.1 Å². The summed E-state index contributed by atoms with van der Waals surface area (Å²) in [5.74, 6) is -1.91. The van der Waals surface area contributed by atoms with Gasteiger partial charge in [-0.3, -0.25) is 4.79 Å². The van der Waals surface area contributed by atoms with E-state index in [1.54, 1.807) is 6.07 Å². The Kier molecular flexibility index (Phi) is 4.06. The topological polar surface area (TPSA) is 66.4 Å². The number of rotatable bonds is 3. The number of amides is 1. The van der Waals surface area contributed by atoms with Crippen molar-refractivity contribution in [3.63, 3.8) is 0 Å². The molecule has 0 atom stereocenters. The van der Waals surface area contributed by atoms with Crippen molar-refractivity contribution in [3.05, 3.63) is 35.6 Å². The monoisotopic (exact) mass is 279 g/mol. The quantitative estimate of drug-likeness (QED) is 0.893. The van der Waals surface area contributed by atoms with Crippen LogP contribution in [0.3, 0.4) is 0 Å². The molecule has 0 heterocycles. The zero-order valence-corrected chi connectivity index (χ0v) is 11.4. The third-order valence-corrected chi connectivity index (χ3v) is 4.01. The van der Waals surface area contributed by atoms with E-state index in [0.29, 0.717) is 18.8 Å². The summed E-state index contributed by atoms with van der Waals surface area (Å²) in [5.41, 5.74) is -1.39. The average Bonchev–Trinajstić information content (AvgIpc) is 2.41. The van der Waals surface area contributed by atoms with Crippen molar-refractivity contribution in [2.45, 2.75) is 38.1 Å². The van der Waals surface area contributed by atoms with E-state index in [4.69, 9.17) is 0 Å². The zero-order chi connectivity index (χ0) is 14.8. The molecule has 0 aliphatic heterocycles. The fraction of sp³-hybridized carbons (Fsp3) is 0.467. The number of nitrogens with one attached hydrogen (secondary N) is 1. The van der Waals surface area contributed by atoms with Crippen molar-refractivity contribution >= 4 is 11.9 Å². The van der Waals surface area contributed by atoms with Crippen molar-refractivity contribution in [2.24, 2.45) is 5.92 Å². The van der Waals surface area contributed by atoms with Crippen LogP contribution in [0.2, 0.25) is 0 Å². The Morgan fingerprint density at radius 1 is 1.30 bits per heavy atom. The number of aliphatic carboxylic acids is 1. The van der Waals surface area contributed by atoms with Gasteiger partial charge in [0.05, 0.1) is 5.56 Å². The minimum absolute atomic E-state index is 0.119. The van der Waals surface area contributed by atoms with Gasteiger partial charge in [0.15, 0.2) is 0 Å². The molecule has 1 aromatic carbocycles. The van der Waals surface area contributed by atoms with Crippen LogP contribution < -0.4 is 5.32 Å². The Hall–Kier alpha value is -1.91. The number of halogens is 1. The molecule has 4 nitrogen and oxygen atoms in total. The minimum Gasteiger partial charge on any atom is -0.480 e. The van der Waals surface area contributed by atoms with Crippen molar-refractivity contribution in [1.82, 2.24) is 5.32 Å². The second-order valence-corrected chi connectivity index (χ2v) is 5.50. The van der Waals surface area contributed by atoms with E-state index in [0.717, 1.165) is 12.8 Å². The number of carbonyl (C=O) groups excluding carboxylic acids is 1. The van der Waals surface area contributed by atoms with Crippen LogP contribution in [-0.2, 0) is 4.79 Å². The molecule has 1 aromatic rings. The van der Waals surface area contributed by atoms with Crippen LogP contribution in [0.1, 0.15) is 43.0 Å². The van der Waals surface area contributed by atoms with Gasteiger partial charge in [-0.05, 0) is 43.7 Å². The summed E-state index contributed by atoms with van der Waals surface area (Å²) in [7, 11) is 0. The summed E-state index contributed by atoms with van der Waals surface area (Å²) in [5, 5.41) is 12.0. The van der Waals surface area contributed by atoms with Crippen molar-refractivity contribution in [3.8, 4) is 0 Å². The lowest BCUT2D eigenvalue weighted by Gasteiger charge is -2.36. The Morgan fingerprint density at radius 3 is 2.45 bits per heavy atom. The van der Waals surface area contributed by atoms with Crippen molar-refractivity contribution in [2.75, 3.05) is 0 Å². The molecule has 5 heteroatoms. The van der Waals surface area contributed by atoms with E-state index in [2.05, 4.69) is 12.2 Å². The van der Waals surface area contributed by atoms with Gasteiger partial charge in [-0.2, -0.15) is 0 Å². The normalized spacial score (nSPS) is 26.0. The highest BCUT2D eigenvalue weighted by Crippen LogP contribution is 2.32. The molecule has 1 aliphatic rings. The summed E-state index contributed by atoms with van der Waals surface area (Å²) in [6, 6.07) is 5.58. The van der Waals surface area contributed by atoms with Gasteiger partial charge in [0.1, 0.15) is 11.4 Å². The summed E-state index contributed by atoms with van der Waals surface area (Å²) < 4.78 is 13.6. The molecule has 0 aromatic heterocycles. The van der Waals surface area contributed by atoms with Crippen LogP contribution in [0, 0.1) is 11.7 Å².